The highest BCUT2D eigenvalue weighted by atomic mass is 32.2. The summed E-state index contributed by atoms with van der Waals surface area (Å²) in [7, 11) is 0. The molecule has 0 aromatic rings. The summed E-state index contributed by atoms with van der Waals surface area (Å²) in [6.07, 6.45) is 0. The van der Waals surface area contributed by atoms with Gasteiger partial charge in [0.15, 0.2) is 5.17 Å². The molecule has 1 rings (SSSR count). The molecule has 0 aromatic carbocycles. The summed E-state index contributed by atoms with van der Waals surface area (Å²) in [5.41, 5.74) is 0. The van der Waals surface area contributed by atoms with Gasteiger partial charge in [-0.2, -0.15) is 0 Å². The highest BCUT2D eigenvalue weighted by Crippen LogP contribution is 2.12. The normalized spacial score (nSPS) is 30.9. The lowest BCUT2D eigenvalue weighted by Gasteiger charge is -1.98. The average Bonchev–Trinajstić information content (AvgIpc) is 2.17. The first-order valence-electron chi connectivity index (χ1n) is 3.26. The van der Waals surface area contributed by atoms with Gasteiger partial charge in [0.25, 0.3) is 0 Å². The molecule has 1 aliphatic heterocycles. The van der Waals surface area contributed by atoms with Crippen LogP contribution in [0.15, 0.2) is 4.99 Å². The van der Waals surface area contributed by atoms with Crippen LogP contribution in [0.1, 0.15) is 13.8 Å². The number of aliphatic imine (C=N–C) groups is 1. The van der Waals surface area contributed by atoms with Crippen LogP contribution >= 0.6 is 11.8 Å². The van der Waals surface area contributed by atoms with E-state index in [1.807, 2.05) is 11.8 Å². The second-order valence-corrected chi connectivity index (χ2v) is 3.14. The maximum atomic E-state index is 4.24. The molecule has 1 unspecified atom stereocenters. The molecule has 0 radical (unpaired) electrons. The Bertz CT molecular complexity index is 122. The van der Waals surface area contributed by atoms with Gasteiger partial charge in [0.2, 0.25) is 0 Å². The largest absolute Gasteiger partial charge is 0.362 e. The minimum absolute atomic E-state index is 0.611. The fourth-order valence-corrected chi connectivity index (χ4v) is 1.73. The third-order valence-corrected chi connectivity index (χ3v) is 2.33. The summed E-state index contributed by atoms with van der Waals surface area (Å²) in [5.74, 6) is 1.17. The van der Waals surface area contributed by atoms with Crippen molar-refractivity contribution in [1.29, 1.82) is 0 Å². The van der Waals surface area contributed by atoms with Gasteiger partial charge in [-0.05, 0) is 13.8 Å². The zero-order valence-electron chi connectivity index (χ0n) is 5.85. The van der Waals surface area contributed by atoms with Gasteiger partial charge in [-0.3, -0.25) is 4.99 Å². The summed E-state index contributed by atoms with van der Waals surface area (Å²) in [5, 5.41) is 4.38. The van der Waals surface area contributed by atoms with E-state index in [1.165, 1.54) is 5.75 Å². The Morgan fingerprint density at radius 2 is 2.67 bits per heavy atom. The Morgan fingerprint density at radius 3 is 3.11 bits per heavy atom. The SMILES string of the molecule is CCN=C1NC(C)CS1. The number of hydrogen-bond acceptors (Lipinski definition) is 2. The highest BCUT2D eigenvalue weighted by molar-refractivity contribution is 8.14. The molecule has 0 spiro atoms. The van der Waals surface area contributed by atoms with Crippen LogP contribution in [0, 0.1) is 0 Å². The Labute approximate surface area is 60.1 Å². The lowest BCUT2D eigenvalue weighted by atomic mass is 10.4. The van der Waals surface area contributed by atoms with Crippen molar-refractivity contribution in [2.24, 2.45) is 4.99 Å². The van der Waals surface area contributed by atoms with Crippen molar-refractivity contribution in [3.8, 4) is 0 Å². The van der Waals surface area contributed by atoms with E-state index in [-0.39, 0.29) is 0 Å². The number of hydrogen-bond donors (Lipinski definition) is 1. The molecule has 0 aliphatic carbocycles. The maximum Gasteiger partial charge on any atom is 0.156 e. The molecule has 0 amide bonds. The van der Waals surface area contributed by atoms with Crippen LogP contribution in [0.4, 0.5) is 0 Å². The second kappa shape index (κ2) is 3.11. The van der Waals surface area contributed by atoms with Gasteiger partial charge in [0, 0.05) is 18.3 Å². The van der Waals surface area contributed by atoms with E-state index < -0.39 is 0 Å². The van der Waals surface area contributed by atoms with Crippen molar-refractivity contribution >= 4 is 16.9 Å². The molecule has 52 valence electrons. The molecule has 1 heterocycles. The molecule has 1 fully saturated rings. The Morgan fingerprint density at radius 1 is 1.89 bits per heavy atom. The topological polar surface area (TPSA) is 24.4 Å². The Hall–Kier alpha value is -0.180. The second-order valence-electron chi connectivity index (χ2n) is 2.14. The summed E-state index contributed by atoms with van der Waals surface area (Å²) < 4.78 is 0. The van der Waals surface area contributed by atoms with Crippen molar-refractivity contribution < 1.29 is 0 Å². The van der Waals surface area contributed by atoms with Gasteiger partial charge in [-0.15, -0.1) is 0 Å². The molecule has 1 saturated heterocycles. The fourth-order valence-electron chi connectivity index (χ4n) is 0.733. The van der Waals surface area contributed by atoms with Crippen LogP contribution in [0.5, 0.6) is 0 Å². The van der Waals surface area contributed by atoms with Gasteiger partial charge in [-0.25, -0.2) is 0 Å². The van der Waals surface area contributed by atoms with Crippen LogP contribution < -0.4 is 5.32 Å². The van der Waals surface area contributed by atoms with E-state index in [4.69, 9.17) is 0 Å². The molecule has 1 atom stereocenters. The van der Waals surface area contributed by atoms with Crippen molar-refractivity contribution in [3.63, 3.8) is 0 Å². The molecule has 1 N–H and O–H groups in total. The van der Waals surface area contributed by atoms with Gasteiger partial charge < -0.3 is 5.32 Å². The zero-order chi connectivity index (χ0) is 6.69. The van der Waals surface area contributed by atoms with Gasteiger partial charge in [-0.1, -0.05) is 11.8 Å². The number of rotatable bonds is 1. The predicted molar refractivity (Wildman–Crippen MR) is 43.0 cm³/mol. The fraction of sp³-hybridized carbons (Fsp3) is 0.833. The minimum Gasteiger partial charge on any atom is -0.362 e. The first-order chi connectivity index (χ1) is 4.33. The van der Waals surface area contributed by atoms with Gasteiger partial charge in [0.1, 0.15) is 0 Å². The van der Waals surface area contributed by atoms with Crippen LogP contribution in [0.3, 0.4) is 0 Å². The number of thioether (sulfide) groups is 1. The first kappa shape index (κ1) is 6.93. The lowest BCUT2D eigenvalue weighted by Crippen LogP contribution is -2.23. The van der Waals surface area contributed by atoms with Crippen molar-refractivity contribution in [2.75, 3.05) is 12.3 Å². The average molecular weight is 144 g/mol. The lowest BCUT2D eigenvalue weighted by molar-refractivity contribution is 0.765. The predicted octanol–water partition coefficient (Wildman–Crippen LogP) is 1.09. The Balaban J connectivity index is 2.38. The summed E-state index contributed by atoms with van der Waals surface area (Å²) in [4.78, 5) is 4.24. The van der Waals surface area contributed by atoms with Gasteiger partial charge in [0.05, 0.1) is 0 Å². The summed E-state index contributed by atoms with van der Waals surface area (Å²) in [6, 6.07) is 0.611. The number of nitrogens with zero attached hydrogens (tertiary/aromatic N) is 1. The molecule has 0 saturated carbocycles. The minimum atomic E-state index is 0.611. The van der Waals surface area contributed by atoms with E-state index in [0.29, 0.717) is 6.04 Å². The van der Waals surface area contributed by atoms with Crippen LogP contribution in [0.2, 0.25) is 0 Å². The highest BCUT2D eigenvalue weighted by Gasteiger charge is 2.13. The first-order valence-corrected chi connectivity index (χ1v) is 4.25. The quantitative estimate of drug-likeness (QED) is 0.595. The van der Waals surface area contributed by atoms with E-state index >= 15 is 0 Å². The van der Waals surface area contributed by atoms with Crippen molar-refractivity contribution in [1.82, 2.24) is 5.32 Å². The summed E-state index contributed by atoms with van der Waals surface area (Å²) in [6.45, 7) is 5.12. The summed E-state index contributed by atoms with van der Waals surface area (Å²) >= 11 is 1.81. The van der Waals surface area contributed by atoms with Crippen LogP contribution in [-0.4, -0.2) is 23.5 Å². The van der Waals surface area contributed by atoms with Crippen LogP contribution in [0.25, 0.3) is 0 Å². The molecule has 1 aliphatic rings. The van der Waals surface area contributed by atoms with Crippen molar-refractivity contribution in [3.05, 3.63) is 0 Å². The number of nitrogens with one attached hydrogen (secondary N) is 1. The zero-order valence-corrected chi connectivity index (χ0v) is 6.66. The standard InChI is InChI=1S/C6H12N2S/c1-3-7-6-8-5(2)4-9-6/h5H,3-4H2,1-2H3,(H,7,8). The molecule has 0 aromatic heterocycles. The van der Waals surface area contributed by atoms with Crippen LogP contribution in [-0.2, 0) is 0 Å². The molecule has 3 heteroatoms. The van der Waals surface area contributed by atoms with E-state index in [0.717, 1.165) is 11.7 Å². The van der Waals surface area contributed by atoms with E-state index in [1.54, 1.807) is 0 Å². The van der Waals surface area contributed by atoms with Crippen molar-refractivity contribution in [2.45, 2.75) is 19.9 Å². The third kappa shape index (κ3) is 1.90. The van der Waals surface area contributed by atoms with Gasteiger partial charge >= 0.3 is 0 Å². The molecular formula is C6H12N2S. The Kier molecular flexibility index (Phi) is 2.39. The smallest absolute Gasteiger partial charge is 0.156 e. The third-order valence-electron chi connectivity index (χ3n) is 1.14. The molecule has 2 nitrogen and oxygen atoms in total. The molecule has 9 heavy (non-hydrogen) atoms. The van der Waals surface area contributed by atoms with E-state index in [9.17, 15) is 0 Å². The maximum absolute atomic E-state index is 4.24. The van der Waals surface area contributed by atoms with E-state index in [2.05, 4.69) is 24.2 Å². The number of amidine groups is 1. The monoisotopic (exact) mass is 144 g/mol. The molecular weight excluding hydrogens is 132 g/mol. The molecule has 0 bridgehead atoms.